The van der Waals surface area contributed by atoms with Crippen LogP contribution in [-0.4, -0.2) is 20.2 Å². The van der Waals surface area contributed by atoms with Crippen molar-refractivity contribution >= 4 is 27.7 Å². The predicted octanol–water partition coefficient (Wildman–Crippen LogP) is 2.14. The summed E-state index contributed by atoms with van der Waals surface area (Å²) in [5, 5.41) is 12.1. The number of aromatic nitrogens is 4. The predicted molar refractivity (Wildman–Crippen MR) is 69.7 cm³/mol. The number of hydrogen-bond acceptors (Lipinski definition) is 5. The van der Waals surface area contributed by atoms with Crippen LogP contribution in [0.25, 0.3) is 0 Å². The second-order valence-corrected chi connectivity index (χ2v) is 5.55. The summed E-state index contributed by atoms with van der Waals surface area (Å²) in [4.78, 5) is 1.07. The van der Waals surface area contributed by atoms with Crippen LogP contribution in [0.2, 0.25) is 0 Å². The molecule has 90 valence electrons. The van der Waals surface area contributed by atoms with E-state index in [1.807, 2.05) is 32.2 Å². The number of halogens is 1. The summed E-state index contributed by atoms with van der Waals surface area (Å²) in [7, 11) is 1.81. The van der Waals surface area contributed by atoms with Crippen LogP contribution in [0.3, 0.4) is 0 Å². The van der Waals surface area contributed by atoms with E-state index in [-0.39, 0.29) is 6.04 Å². The summed E-state index contributed by atoms with van der Waals surface area (Å²) in [5.74, 6) is 0. The smallest absolute Gasteiger partial charge is 0.213 e. The van der Waals surface area contributed by atoms with E-state index in [4.69, 9.17) is 5.73 Å². The van der Waals surface area contributed by atoms with E-state index in [0.717, 1.165) is 20.1 Å². The zero-order valence-corrected chi connectivity index (χ0v) is 11.9. The summed E-state index contributed by atoms with van der Waals surface area (Å²) in [6.45, 7) is 1.96. The van der Waals surface area contributed by atoms with Gasteiger partial charge in [-0.2, -0.15) is 0 Å². The maximum atomic E-state index is 5.85. The van der Waals surface area contributed by atoms with Crippen LogP contribution in [0.5, 0.6) is 0 Å². The van der Waals surface area contributed by atoms with Crippen LogP contribution in [0, 0.1) is 0 Å². The van der Waals surface area contributed by atoms with Gasteiger partial charge >= 0.3 is 0 Å². The van der Waals surface area contributed by atoms with Gasteiger partial charge in [0.15, 0.2) is 0 Å². The zero-order valence-electron chi connectivity index (χ0n) is 9.46. The molecule has 0 saturated heterocycles. The van der Waals surface area contributed by atoms with Crippen molar-refractivity contribution in [2.24, 2.45) is 12.8 Å². The first-order valence-corrected chi connectivity index (χ1v) is 6.64. The summed E-state index contributed by atoms with van der Waals surface area (Å²) in [6.07, 6.45) is 0. The highest BCUT2D eigenvalue weighted by Crippen LogP contribution is 2.30. The molecule has 2 aromatic rings. The van der Waals surface area contributed by atoms with Gasteiger partial charge in [0.2, 0.25) is 5.16 Å². The lowest BCUT2D eigenvalue weighted by molar-refractivity contribution is 0.664. The molecule has 0 spiro atoms. The monoisotopic (exact) mass is 313 g/mol. The third-order valence-electron chi connectivity index (χ3n) is 2.25. The average molecular weight is 314 g/mol. The van der Waals surface area contributed by atoms with Gasteiger partial charge in [-0.15, -0.1) is 5.10 Å². The van der Waals surface area contributed by atoms with E-state index in [1.165, 1.54) is 11.8 Å². The fourth-order valence-corrected chi connectivity index (χ4v) is 3.01. The fraction of sp³-hybridized carbons (Fsp3) is 0.300. The zero-order chi connectivity index (χ0) is 12.4. The quantitative estimate of drug-likeness (QED) is 0.940. The molecule has 17 heavy (non-hydrogen) atoms. The number of nitrogens with zero attached hydrogens (tertiary/aromatic N) is 4. The minimum Gasteiger partial charge on any atom is -0.324 e. The number of benzene rings is 1. The van der Waals surface area contributed by atoms with Crippen molar-refractivity contribution in [3.8, 4) is 0 Å². The lowest BCUT2D eigenvalue weighted by Crippen LogP contribution is -2.05. The van der Waals surface area contributed by atoms with Crippen molar-refractivity contribution < 1.29 is 0 Å². The molecule has 2 N–H and O–H groups in total. The fourth-order valence-electron chi connectivity index (χ4n) is 1.35. The van der Waals surface area contributed by atoms with Gasteiger partial charge in [0.05, 0.1) is 0 Å². The third kappa shape index (κ3) is 2.85. The molecular formula is C10H12BrN5S. The van der Waals surface area contributed by atoms with Crippen molar-refractivity contribution in [3.63, 3.8) is 0 Å². The number of nitrogens with two attached hydrogens (primary N) is 1. The minimum atomic E-state index is 0.0138. The Morgan fingerprint density at radius 1 is 1.47 bits per heavy atom. The largest absolute Gasteiger partial charge is 0.324 e. The molecule has 1 atom stereocenters. The second kappa shape index (κ2) is 5.16. The van der Waals surface area contributed by atoms with Crippen molar-refractivity contribution in [2.75, 3.05) is 0 Å². The SMILES string of the molecule is C[C@H](N)c1ccc(Sc2nnnn2C)cc1Br. The summed E-state index contributed by atoms with van der Waals surface area (Å²) in [5.41, 5.74) is 6.94. The summed E-state index contributed by atoms with van der Waals surface area (Å²) >= 11 is 5.03. The van der Waals surface area contributed by atoms with Crippen molar-refractivity contribution in [3.05, 3.63) is 28.2 Å². The second-order valence-electron chi connectivity index (χ2n) is 3.66. The van der Waals surface area contributed by atoms with Gasteiger partial charge in [-0.25, -0.2) is 4.68 Å². The van der Waals surface area contributed by atoms with Crippen LogP contribution >= 0.6 is 27.7 Å². The molecule has 0 aliphatic carbocycles. The van der Waals surface area contributed by atoms with E-state index in [2.05, 4.69) is 31.5 Å². The normalized spacial score (nSPS) is 12.7. The van der Waals surface area contributed by atoms with Crippen LogP contribution in [0.15, 0.2) is 32.7 Å². The molecule has 0 aliphatic heterocycles. The Morgan fingerprint density at radius 3 is 2.76 bits per heavy atom. The molecule has 1 heterocycles. The molecule has 0 saturated carbocycles. The van der Waals surface area contributed by atoms with Gasteiger partial charge in [0.1, 0.15) is 0 Å². The van der Waals surface area contributed by atoms with E-state index < -0.39 is 0 Å². The Bertz CT molecular complexity index is 525. The van der Waals surface area contributed by atoms with Gasteiger partial charge in [0.25, 0.3) is 0 Å². The number of tetrazole rings is 1. The number of aryl methyl sites for hydroxylation is 1. The maximum absolute atomic E-state index is 5.85. The van der Waals surface area contributed by atoms with Gasteiger partial charge < -0.3 is 5.73 Å². The summed E-state index contributed by atoms with van der Waals surface area (Å²) < 4.78 is 2.64. The minimum absolute atomic E-state index is 0.0138. The first kappa shape index (κ1) is 12.5. The molecule has 2 rings (SSSR count). The van der Waals surface area contributed by atoms with Gasteiger partial charge in [0, 0.05) is 22.5 Å². The van der Waals surface area contributed by atoms with Gasteiger partial charge in [-0.3, -0.25) is 0 Å². The maximum Gasteiger partial charge on any atom is 0.213 e. The Balaban J connectivity index is 2.24. The average Bonchev–Trinajstić information content (AvgIpc) is 2.64. The van der Waals surface area contributed by atoms with Crippen LogP contribution in [-0.2, 0) is 7.05 Å². The Morgan fingerprint density at radius 2 is 2.24 bits per heavy atom. The molecule has 0 amide bonds. The van der Waals surface area contributed by atoms with E-state index in [1.54, 1.807) is 4.68 Å². The molecule has 1 aromatic carbocycles. The molecule has 1 aromatic heterocycles. The topological polar surface area (TPSA) is 69.6 Å². The van der Waals surface area contributed by atoms with E-state index in [9.17, 15) is 0 Å². The van der Waals surface area contributed by atoms with E-state index in [0.29, 0.717) is 0 Å². The van der Waals surface area contributed by atoms with Gasteiger partial charge in [-0.1, -0.05) is 22.0 Å². The van der Waals surface area contributed by atoms with Crippen LogP contribution in [0.1, 0.15) is 18.5 Å². The molecular weight excluding hydrogens is 302 g/mol. The van der Waals surface area contributed by atoms with Crippen LogP contribution in [0.4, 0.5) is 0 Å². The first-order valence-electron chi connectivity index (χ1n) is 5.03. The Labute approximate surface area is 112 Å². The standard InChI is InChI=1S/C10H12BrN5S/c1-6(12)8-4-3-7(5-9(8)11)17-10-13-14-15-16(10)2/h3-6H,12H2,1-2H3/t6-/m0/s1. The highest BCUT2D eigenvalue weighted by Gasteiger charge is 2.09. The first-order chi connectivity index (χ1) is 8.08. The molecule has 0 aliphatic rings. The van der Waals surface area contributed by atoms with Gasteiger partial charge in [-0.05, 0) is 46.8 Å². The van der Waals surface area contributed by atoms with Crippen LogP contribution < -0.4 is 5.73 Å². The Hall–Kier alpha value is -0.920. The van der Waals surface area contributed by atoms with Crippen molar-refractivity contribution in [2.45, 2.75) is 23.0 Å². The van der Waals surface area contributed by atoms with Crippen molar-refractivity contribution in [1.29, 1.82) is 0 Å². The Kier molecular flexibility index (Phi) is 3.80. The molecule has 0 fully saturated rings. The summed E-state index contributed by atoms with van der Waals surface area (Å²) in [6, 6.07) is 6.07. The van der Waals surface area contributed by atoms with E-state index >= 15 is 0 Å². The van der Waals surface area contributed by atoms with Crippen molar-refractivity contribution in [1.82, 2.24) is 20.2 Å². The molecule has 5 nitrogen and oxygen atoms in total. The lowest BCUT2D eigenvalue weighted by Gasteiger charge is -2.09. The number of hydrogen-bond donors (Lipinski definition) is 1. The highest BCUT2D eigenvalue weighted by molar-refractivity contribution is 9.10. The molecule has 0 radical (unpaired) electrons. The highest BCUT2D eigenvalue weighted by atomic mass is 79.9. The number of rotatable bonds is 3. The third-order valence-corrected chi connectivity index (χ3v) is 3.96. The molecule has 7 heteroatoms. The molecule has 0 bridgehead atoms. The lowest BCUT2D eigenvalue weighted by atomic mass is 10.1. The molecule has 0 unspecified atom stereocenters.